The zero-order valence-corrected chi connectivity index (χ0v) is 19.3. The topological polar surface area (TPSA) is 68.5 Å². The van der Waals surface area contributed by atoms with E-state index in [1.54, 1.807) is 42.0 Å². The number of nitrogens with zero attached hydrogens (tertiary/aromatic N) is 3. The van der Waals surface area contributed by atoms with Crippen molar-refractivity contribution >= 4 is 23.2 Å². The quantitative estimate of drug-likeness (QED) is 0.450. The van der Waals surface area contributed by atoms with Crippen LogP contribution in [0.3, 0.4) is 0 Å². The van der Waals surface area contributed by atoms with Crippen LogP contribution in [0.1, 0.15) is 42.4 Å². The molecule has 0 aliphatic heterocycles. The highest BCUT2D eigenvalue weighted by Gasteiger charge is 2.19. The molecular formula is C25H25ClN4O2. The van der Waals surface area contributed by atoms with E-state index in [2.05, 4.69) is 55.5 Å². The molecule has 0 radical (unpaired) electrons. The van der Waals surface area contributed by atoms with Crippen molar-refractivity contribution in [3.05, 3.63) is 82.5 Å². The molecule has 4 rings (SSSR count). The summed E-state index contributed by atoms with van der Waals surface area (Å²) in [6.07, 6.45) is 0. The third-order valence-electron chi connectivity index (χ3n) is 5.30. The van der Waals surface area contributed by atoms with Crippen molar-refractivity contribution in [1.29, 1.82) is 0 Å². The third-order valence-corrected chi connectivity index (χ3v) is 5.55. The zero-order valence-electron chi connectivity index (χ0n) is 18.5. The van der Waals surface area contributed by atoms with Gasteiger partial charge in [-0.2, -0.15) is 0 Å². The summed E-state index contributed by atoms with van der Waals surface area (Å²) in [5, 5.41) is 8.08. The van der Waals surface area contributed by atoms with Crippen LogP contribution >= 0.6 is 11.6 Å². The van der Waals surface area contributed by atoms with Crippen molar-refractivity contribution in [2.45, 2.75) is 32.7 Å². The van der Waals surface area contributed by atoms with Crippen LogP contribution < -0.4 is 10.1 Å². The molecule has 0 spiro atoms. The van der Waals surface area contributed by atoms with E-state index < -0.39 is 0 Å². The molecule has 1 N–H and O–H groups in total. The number of benzene rings is 2. The van der Waals surface area contributed by atoms with Crippen LogP contribution in [0.25, 0.3) is 16.9 Å². The molecule has 1 amide bonds. The summed E-state index contributed by atoms with van der Waals surface area (Å²) in [7, 11) is 1.57. The molecule has 2 aromatic carbocycles. The Morgan fingerprint density at radius 3 is 2.34 bits per heavy atom. The molecule has 0 unspecified atom stereocenters. The van der Waals surface area contributed by atoms with Crippen LogP contribution in [0.2, 0.25) is 5.02 Å². The molecule has 0 fully saturated rings. The van der Waals surface area contributed by atoms with Gasteiger partial charge in [0, 0.05) is 22.2 Å². The minimum Gasteiger partial charge on any atom is -0.480 e. The number of carbonyl (C=O) groups excluding carboxylic acids is 1. The van der Waals surface area contributed by atoms with E-state index in [0.717, 1.165) is 17.0 Å². The predicted octanol–water partition coefficient (Wildman–Crippen LogP) is 5.29. The maximum absolute atomic E-state index is 12.7. The van der Waals surface area contributed by atoms with Gasteiger partial charge in [0.05, 0.1) is 25.0 Å². The van der Waals surface area contributed by atoms with E-state index in [1.165, 1.54) is 5.56 Å². The van der Waals surface area contributed by atoms with Gasteiger partial charge in [0.15, 0.2) is 5.65 Å². The highest BCUT2D eigenvalue weighted by Crippen LogP contribution is 2.28. The first kappa shape index (κ1) is 21.8. The number of rotatable bonds is 5. The lowest BCUT2D eigenvalue weighted by Gasteiger charge is -2.19. The number of methoxy groups -OCH3 is 1. The molecule has 0 atom stereocenters. The number of hydrogen-bond acceptors (Lipinski definition) is 4. The number of fused-ring (bicyclic) bond motifs is 1. The third kappa shape index (κ3) is 4.46. The highest BCUT2D eigenvalue weighted by atomic mass is 35.5. The molecular weight excluding hydrogens is 424 g/mol. The number of nitrogens with one attached hydrogen (secondary N) is 1. The smallest absolute Gasteiger partial charge is 0.251 e. The van der Waals surface area contributed by atoms with Gasteiger partial charge in [0.25, 0.3) is 5.91 Å². The standard InChI is InChI=1S/C25H25ClN4O2/c1-25(2,3)18-9-5-16(6-10-18)23-20(30-21(28-23)13-14-22(29-30)32-4)15-27-24(31)17-7-11-19(26)12-8-17/h5-14H,15H2,1-4H3,(H,27,31). The van der Waals surface area contributed by atoms with Crippen LogP contribution in [0.5, 0.6) is 5.88 Å². The van der Waals surface area contributed by atoms with Crippen molar-refractivity contribution in [2.75, 3.05) is 7.11 Å². The van der Waals surface area contributed by atoms with Gasteiger partial charge >= 0.3 is 0 Å². The van der Waals surface area contributed by atoms with Gasteiger partial charge in [-0.15, -0.1) is 5.10 Å². The van der Waals surface area contributed by atoms with Crippen molar-refractivity contribution in [2.24, 2.45) is 0 Å². The minimum absolute atomic E-state index is 0.0573. The molecule has 0 saturated heterocycles. The molecule has 6 nitrogen and oxygen atoms in total. The normalized spacial score (nSPS) is 11.5. The number of aromatic nitrogens is 3. The molecule has 32 heavy (non-hydrogen) atoms. The van der Waals surface area contributed by atoms with E-state index in [9.17, 15) is 4.79 Å². The Hall–Kier alpha value is -3.38. The van der Waals surface area contributed by atoms with E-state index in [0.29, 0.717) is 22.1 Å². The Morgan fingerprint density at radius 1 is 1.03 bits per heavy atom. The Bertz CT molecular complexity index is 1260. The molecule has 0 saturated carbocycles. The highest BCUT2D eigenvalue weighted by molar-refractivity contribution is 6.30. The fourth-order valence-corrected chi connectivity index (χ4v) is 3.58. The molecule has 7 heteroatoms. The second-order valence-electron chi connectivity index (χ2n) is 8.57. The summed E-state index contributed by atoms with van der Waals surface area (Å²) >= 11 is 5.93. The summed E-state index contributed by atoms with van der Waals surface area (Å²) in [4.78, 5) is 17.5. The monoisotopic (exact) mass is 448 g/mol. The Morgan fingerprint density at radius 2 is 1.72 bits per heavy atom. The second kappa shape index (κ2) is 8.63. The summed E-state index contributed by atoms with van der Waals surface area (Å²) < 4.78 is 7.01. The first-order valence-electron chi connectivity index (χ1n) is 10.3. The largest absolute Gasteiger partial charge is 0.480 e. The van der Waals surface area contributed by atoms with E-state index >= 15 is 0 Å². The number of amides is 1. The van der Waals surface area contributed by atoms with Gasteiger partial charge in [-0.05, 0) is 41.3 Å². The minimum atomic E-state index is -0.200. The van der Waals surface area contributed by atoms with E-state index in [1.807, 2.05) is 6.07 Å². The molecule has 2 aromatic heterocycles. The molecule has 0 aliphatic rings. The first-order valence-corrected chi connectivity index (χ1v) is 10.7. The maximum Gasteiger partial charge on any atom is 0.251 e. The second-order valence-corrected chi connectivity index (χ2v) is 9.01. The molecule has 0 aliphatic carbocycles. The fourth-order valence-electron chi connectivity index (χ4n) is 3.46. The van der Waals surface area contributed by atoms with Crippen LogP contribution in [0.15, 0.2) is 60.7 Å². The van der Waals surface area contributed by atoms with Crippen LogP contribution in [-0.4, -0.2) is 27.6 Å². The lowest BCUT2D eigenvalue weighted by molar-refractivity contribution is 0.0950. The maximum atomic E-state index is 12.7. The zero-order chi connectivity index (χ0) is 22.9. The average Bonchev–Trinajstić information content (AvgIpc) is 3.15. The first-order chi connectivity index (χ1) is 15.3. The Kier molecular flexibility index (Phi) is 5.89. The number of ether oxygens (including phenoxy) is 1. The number of hydrogen-bond donors (Lipinski definition) is 1. The summed E-state index contributed by atoms with van der Waals surface area (Å²) in [6.45, 7) is 6.79. The van der Waals surface area contributed by atoms with Crippen molar-refractivity contribution in [3.8, 4) is 17.1 Å². The lowest BCUT2D eigenvalue weighted by Crippen LogP contribution is -2.24. The summed E-state index contributed by atoms with van der Waals surface area (Å²) in [5.74, 6) is 0.267. The van der Waals surface area contributed by atoms with Crippen molar-refractivity contribution in [1.82, 2.24) is 19.9 Å². The predicted molar refractivity (Wildman–Crippen MR) is 126 cm³/mol. The number of imidazole rings is 1. The van der Waals surface area contributed by atoms with Crippen LogP contribution in [-0.2, 0) is 12.0 Å². The van der Waals surface area contributed by atoms with Gasteiger partial charge in [0.2, 0.25) is 5.88 Å². The van der Waals surface area contributed by atoms with Crippen LogP contribution in [0.4, 0.5) is 0 Å². The Balaban J connectivity index is 1.71. The molecule has 0 bridgehead atoms. The summed E-state index contributed by atoms with van der Waals surface area (Å²) in [6, 6.07) is 18.7. The average molecular weight is 449 g/mol. The van der Waals surface area contributed by atoms with Crippen LogP contribution in [0, 0.1) is 0 Å². The molecule has 2 heterocycles. The van der Waals surface area contributed by atoms with Gasteiger partial charge in [0.1, 0.15) is 0 Å². The van der Waals surface area contributed by atoms with Gasteiger partial charge < -0.3 is 10.1 Å². The van der Waals surface area contributed by atoms with Crippen molar-refractivity contribution in [3.63, 3.8) is 0 Å². The Labute approximate surface area is 192 Å². The molecule has 4 aromatic rings. The van der Waals surface area contributed by atoms with Gasteiger partial charge in [-0.25, -0.2) is 9.50 Å². The van der Waals surface area contributed by atoms with E-state index in [4.69, 9.17) is 21.3 Å². The fraction of sp³-hybridized carbons (Fsp3) is 0.240. The van der Waals surface area contributed by atoms with Gasteiger partial charge in [-0.1, -0.05) is 56.6 Å². The van der Waals surface area contributed by atoms with E-state index in [-0.39, 0.29) is 17.9 Å². The summed E-state index contributed by atoms with van der Waals surface area (Å²) in [5.41, 5.74) is 5.00. The number of halogens is 1. The number of carbonyl (C=O) groups is 1. The SMILES string of the molecule is COc1ccc2nc(-c3ccc(C(C)(C)C)cc3)c(CNC(=O)c3ccc(Cl)cc3)n2n1. The van der Waals surface area contributed by atoms with Gasteiger partial charge in [-0.3, -0.25) is 4.79 Å². The lowest BCUT2D eigenvalue weighted by atomic mass is 9.86. The van der Waals surface area contributed by atoms with Crippen molar-refractivity contribution < 1.29 is 9.53 Å². The molecule has 164 valence electrons.